The van der Waals surface area contributed by atoms with Crippen LogP contribution in [0.25, 0.3) is 0 Å². The van der Waals surface area contributed by atoms with Crippen molar-refractivity contribution in [2.45, 2.75) is 19.8 Å². The summed E-state index contributed by atoms with van der Waals surface area (Å²) in [6, 6.07) is 7.46. The summed E-state index contributed by atoms with van der Waals surface area (Å²) in [5, 5.41) is 9.18. The predicted molar refractivity (Wildman–Crippen MR) is 80.0 cm³/mol. The first-order valence-electron chi connectivity index (χ1n) is 6.21. The summed E-state index contributed by atoms with van der Waals surface area (Å²) in [6.07, 6.45) is 1.02. The molecule has 0 bridgehead atoms. The molecule has 102 valence electrons. The number of hydrogen-bond acceptors (Lipinski definition) is 2. The molecule has 19 heavy (non-hydrogen) atoms. The van der Waals surface area contributed by atoms with E-state index >= 15 is 0 Å². The first-order valence-corrected chi connectivity index (χ1v) is 7.29. The van der Waals surface area contributed by atoms with Gasteiger partial charge in [0.15, 0.2) is 0 Å². The molecule has 1 aromatic rings. The van der Waals surface area contributed by atoms with Crippen LogP contribution in [0.1, 0.15) is 30.1 Å². The number of benzene rings is 1. The molecule has 0 atom stereocenters. The first-order chi connectivity index (χ1) is 8.94. The summed E-state index contributed by atoms with van der Waals surface area (Å²) < 4.78 is 0.927. The number of likely N-dealkylation sites (tertiary alicyclic amines) is 1. The van der Waals surface area contributed by atoms with E-state index in [0.717, 1.165) is 3.57 Å². The van der Waals surface area contributed by atoms with Crippen LogP contribution < -0.4 is 0 Å². The Balaban J connectivity index is 2.08. The van der Waals surface area contributed by atoms with Crippen LogP contribution in [-0.4, -0.2) is 35.0 Å². The third-order valence-corrected chi connectivity index (χ3v) is 4.72. The van der Waals surface area contributed by atoms with Crippen LogP contribution in [0.4, 0.5) is 0 Å². The van der Waals surface area contributed by atoms with Gasteiger partial charge in [-0.3, -0.25) is 9.59 Å². The van der Waals surface area contributed by atoms with Crippen molar-refractivity contribution >= 4 is 34.5 Å². The van der Waals surface area contributed by atoms with Crippen LogP contribution >= 0.6 is 22.6 Å². The monoisotopic (exact) mass is 373 g/mol. The fraction of sp³-hybridized carbons (Fsp3) is 0.429. The van der Waals surface area contributed by atoms with E-state index in [1.807, 2.05) is 24.3 Å². The van der Waals surface area contributed by atoms with Crippen molar-refractivity contribution in [1.29, 1.82) is 0 Å². The number of piperidine rings is 1. The second-order valence-electron chi connectivity index (χ2n) is 5.14. The lowest BCUT2D eigenvalue weighted by atomic mass is 9.80. The van der Waals surface area contributed by atoms with Crippen molar-refractivity contribution in [3.05, 3.63) is 33.4 Å². The molecule has 1 heterocycles. The molecule has 4 nitrogen and oxygen atoms in total. The van der Waals surface area contributed by atoms with Gasteiger partial charge in [0.25, 0.3) is 5.91 Å². The highest BCUT2D eigenvalue weighted by atomic mass is 127. The van der Waals surface area contributed by atoms with Crippen LogP contribution in [0.2, 0.25) is 0 Å². The molecular formula is C14H16INO3. The van der Waals surface area contributed by atoms with E-state index < -0.39 is 11.4 Å². The van der Waals surface area contributed by atoms with Gasteiger partial charge in [0.2, 0.25) is 0 Å². The van der Waals surface area contributed by atoms with E-state index in [2.05, 4.69) is 22.6 Å². The molecule has 1 aliphatic heterocycles. The van der Waals surface area contributed by atoms with Crippen LogP contribution in [0.5, 0.6) is 0 Å². The van der Waals surface area contributed by atoms with Crippen molar-refractivity contribution in [2.24, 2.45) is 5.41 Å². The Morgan fingerprint density at radius 1 is 1.26 bits per heavy atom. The van der Waals surface area contributed by atoms with Gasteiger partial charge in [-0.25, -0.2) is 0 Å². The molecule has 0 aliphatic carbocycles. The second-order valence-corrected chi connectivity index (χ2v) is 6.30. The number of halogens is 1. The molecule has 0 unspecified atom stereocenters. The highest BCUT2D eigenvalue weighted by Gasteiger charge is 2.38. The lowest BCUT2D eigenvalue weighted by Crippen LogP contribution is -2.45. The molecule has 1 aliphatic rings. The Labute approximate surface area is 125 Å². The topological polar surface area (TPSA) is 57.6 Å². The molecule has 1 fully saturated rings. The minimum Gasteiger partial charge on any atom is -0.481 e. The first kappa shape index (κ1) is 14.3. The maximum Gasteiger partial charge on any atom is 0.309 e. The molecule has 0 radical (unpaired) electrons. The fourth-order valence-corrected chi connectivity index (χ4v) is 2.84. The summed E-state index contributed by atoms with van der Waals surface area (Å²) in [7, 11) is 0. The zero-order chi connectivity index (χ0) is 14.0. The lowest BCUT2D eigenvalue weighted by Gasteiger charge is -2.36. The molecule has 1 aromatic carbocycles. The summed E-state index contributed by atoms with van der Waals surface area (Å²) in [5.74, 6) is -0.772. The molecule has 1 amide bonds. The Hall–Kier alpha value is -1.11. The third-order valence-electron chi connectivity index (χ3n) is 3.77. The van der Waals surface area contributed by atoms with E-state index in [0.29, 0.717) is 31.5 Å². The summed E-state index contributed by atoms with van der Waals surface area (Å²) in [6.45, 7) is 2.77. The second kappa shape index (κ2) is 5.48. The SMILES string of the molecule is CC1(C(=O)O)CCN(C(=O)c2ccccc2I)CC1. The van der Waals surface area contributed by atoms with Crippen LogP contribution in [0, 0.1) is 8.99 Å². The number of rotatable bonds is 2. The van der Waals surface area contributed by atoms with E-state index in [4.69, 9.17) is 0 Å². The Kier molecular flexibility index (Phi) is 4.13. The van der Waals surface area contributed by atoms with Gasteiger partial charge in [-0.05, 0) is 54.5 Å². The number of nitrogens with zero attached hydrogens (tertiary/aromatic N) is 1. The molecule has 0 spiro atoms. The molecular weight excluding hydrogens is 357 g/mol. The van der Waals surface area contributed by atoms with Gasteiger partial charge >= 0.3 is 5.97 Å². The molecule has 5 heteroatoms. The zero-order valence-electron chi connectivity index (χ0n) is 10.7. The van der Waals surface area contributed by atoms with Crippen molar-refractivity contribution in [1.82, 2.24) is 4.90 Å². The van der Waals surface area contributed by atoms with Gasteiger partial charge in [-0.15, -0.1) is 0 Å². The number of carbonyl (C=O) groups is 2. The van der Waals surface area contributed by atoms with Crippen molar-refractivity contribution in [3.8, 4) is 0 Å². The van der Waals surface area contributed by atoms with Crippen molar-refractivity contribution in [3.63, 3.8) is 0 Å². The standard InChI is InChI=1S/C14H16INO3/c1-14(13(18)19)6-8-16(9-7-14)12(17)10-4-2-3-5-11(10)15/h2-5H,6-9H2,1H3,(H,18,19). The molecule has 1 N–H and O–H groups in total. The molecule has 0 aromatic heterocycles. The minimum atomic E-state index is -0.770. The molecule has 2 rings (SSSR count). The van der Waals surface area contributed by atoms with E-state index in [9.17, 15) is 14.7 Å². The quantitative estimate of drug-likeness (QED) is 0.811. The lowest BCUT2D eigenvalue weighted by molar-refractivity contribution is -0.150. The highest BCUT2D eigenvalue weighted by molar-refractivity contribution is 14.1. The number of carbonyl (C=O) groups excluding carboxylic acids is 1. The number of aliphatic carboxylic acids is 1. The number of carboxylic acids is 1. The number of carboxylic acid groups (broad SMARTS) is 1. The van der Waals surface area contributed by atoms with Gasteiger partial charge in [0.1, 0.15) is 0 Å². The Morgan fingerprint density at radius 3 is 2.37 bits per heavy atom. The summed E-state index contributed by atoms with van der Waals surface area (Å²) >= 11 is 2.15. The Morgan fingerprint density at radius 2 is 1.84 bits per heavy atom. The number of amides is 1. The maximum absolute atomic E-state index is 12.4. The van der Waals surface area contributed by atoms with Crippen LogP contribution in [-0.2, 0) is 4.79 Å². The number of hydrogen-bond donors (Lipinski definition) is 1. The van der Waals surface area contributed by atoms with Crippen LogP contribution in [0.15, 0.2) is 24.3 Å². The third kappa shape index (κ3) is 2.91. The average Bonchev–Trinajstić information content (AvgIpc) is 2.39. The zero-order valence-corrected chi connectivity index (χ0v) is 12.9. The predicted octanol–water partition coefficient (Wildman–Crippen LogP) is 2.62. The molecule has 0 saturated carbocycles. The van der Waals surface area contributed by atoms with E-state index in [-0.39, 0.29) is 5.91 Å². The van der Waals surface area contributed by atoms with Gasteiger partial charge in [0.05, 0.1) is 11.0 Å². The normalized spacial score (nSPS) is 18.1. The highest BCUT2D eigenvalue weighted by Crippen LogP contribution is 2.31. The molecule has 1 saturated heterocycles. The largest absolute Gasteiger partial charge is 0.481 e. The van der Waals surface area contributed by atoms with Crippen molar-refractivity contribution < 1.29 is 14.7 Å². The van der Waals surface area contributed by atoms with Crippen LogP contribution in [0.3, 0.4) is 0 Å². The van der Waals surface area contributed by atoms with Gasteiger partial charge < -0.3 is 10.0 Å². The maximum atomic E-state index is 12.4. The van der Waals surface area contributed by atoms with Crippen molar-refractivity contribution in [2.75, 3.05) is 13.1 Å². The average molecular weight is 373 g/mol. The summed E-state index contributed by atoms with van der Waals surface area (Å²) in [4.78, 5) is 25.3. The fourth-order valence-electron chi connectivity index (χ4n) is 2.22. The Bertz CT molecular complexity index is 507. The van der Waals surface area contributed by atoms with E-state index in [1.54, 1.807) is 11.8 Å². The van der Waals surface area contributed by atoms with Gasteiger partial charge in [0, 0.05) is 16.7 Å². The van der Waals surface area contributed by atoms with Gasteiger partial charge in [-0.2, -0.15) is 0 Å². The minimum absolute atomic E-state index is 0.00237. The smallest absolute Gasteiger partial charge is 0.309 e. The van der Waals surface area contributed by atoms with Gasteiger partial charge in [-0.1, -0.05) is 12.1 Å². The summed E-state index contributed by atoms with van der Waals surface area (Å²) in [5.41, 5.74) is 0.00250. The van der Waals surface area contributed by atoms with E-state index in [1.165, 1.54) is 0 Å².